The van der Waals surface area contributed by atoms with Gasteiger partial charge in [0.05, 0.1) is 5.41 Å². The van der Waals surface area contributed by atoms with Gasteiger partial charge in [0.25, 0.3) is 0 Å². The number of hydrogen-bond donors (Lipinski definition) is 0. The van der Waals surface area contributed by atoms with E-state index in [0.717, 1.165) is 64.5 Å². The summed E-state index contributed by atoms with van der Waals surface area (Å²) >= 11 is 0. The molecular formula is C20H26F2N2O2. The predicted octanol–water partition coefficient (Wildman–Crippen LogP) is 2.96. The number of halogens is 2. The largest absolute Gasteiger partial charge is 0.381 e. The Labute approximate surface area is 153 Å². The van der Waals surface area contributed by atoms with Crippen LogP contribution in [0.15, 0.2) is 18.2 Å². The number of ether oxygens (including phenoxy) is 1. The summed E-state index contributed by atoms with van der Waals surface area (Å²) < 4.78 is 32.1. The fraction of sp³-hybridized carbons (Fsp3) is 0.650. The second-order valence-corrected chi connectivity index (χ2v) is 7.92. The maximum atomic E-state index is 13.5. The van der Waals surface area contributed by atoms with Gasteiger partial charge in [-0.2, -0.15) is 0 Å². The highest BCUT2D eigenvalue weighted by Gasteiger charge is 2.49. The second-order valence-electron chi connectivity index (χ2n) is 7.92. The molecule has 1 aromatic carbocycles. The number of carbonyl (C=O) groups excluding carboxylic acids is 1. The molecule has 0 aromatic heterocycles. The summed E-state index contributed by atoms with van der Waals surface area (Å²) in [6.07, 6.45) is 4.89. The summed E-state index contributed by atoms with van der Waals surface area (Å²) in [6, 6.07) is 4.43. The predicted molar refractivity (Wildman–Crippen MR) is 93.5 cm³/mol. The van der Waals surface area contributed by atoms with E-state index in [1.165, 1.54) is 6.07 Å². The van der Waals surface area contributed by atoms with Crippen molar-refractivity contribution in [2.45, 2.75) is 44.7 Å². The van der Waals surface area contributed by atoms with Gasteiger partial charge < -0.3 is 9.64 Å². The first-order chi connectivity index (χ1) is 12.6. The average Bonchev–Trinajstić information content (AvgIpc) is 3.08. The van der Waals surface area contributed by atoms with Crippen LogP contribution in [0.3, 0.4) is 0 Å². The molecule has 1 spiro atoms. The Hall–Kier alpha value is -1.53. The van der Waals surface area contributed by atoms with Crippen molar-refractivity contribution in [3.8, 4) is 0 Å². The van der Waals surface area contributed by atoms with Gasteiger partial charge in [-0.3, -0.25) is 9.69 Å². The molecule has 1 aromatic rings. The lowest BCUT2D eigenvalue weighted by Gasteiger charge is -2.40. The molecule has 3 aliphatic rings. The monoisotopic (exact) mass is 364 g/mol. The van der Waals surface area contributed by atoms with Crippen LogP contribution in [-0.4, -0.2) is 54.6 Å². The number of rotatable bonds is 3. The lowest BCUT2D eigenvalue weighted by atomic mass is 9.78. The van der Waals surface area contributed by atoms with E-state index in [4.69, 9.17) is 4.74 Å². The lowest BCUT2D eigenvalue weighted by Crippen LogP contribution is -2.50. The fourth-order valence-corrected chi connectivity index (χ4v) is 4.81. The summed E-state index contributed by atoms with van der Waals surface area (Å²) in [5.74, 6) is -1.52. The molecule has 6 heteroatoms. The van der Waals surface area contributed by atoms with Crippen LogP contribution in [0.2, 0.25) is 0 Å². The molecule has 3 saturated heterocycles. The van der Waals surface area contributed by atoms with Gasteiger partial charge in [0, 0.05) is 38.9 Å². The second kappa shape index (κ2) is 7.24. The van der Waals surface area contributed by atoms with Gasteiger partial charge in [-0.15, -0.1) is 0 Å². The van der Waals surface area contributed by atoms with E-state index in [1.807, 2.05) is 4.90 Å². The van der Waals surface area contributed by atoms with E-state index in [1.54, 1.807) is 6.07 Å². The molecule has 142 valence electrons. The number of carbonyl (C=O) groups is 1. The van der Waals surface area contributed by atoms with Crippen molar-refractivity contribution >= 4 is 5.91 Å². The van der Waals surface area contributed by atoms with Crippen LogP contribution in [-0.2, 0) is 16.1 Å². The highest BCUT2D eigenvalue weighted by atomic mass is 19.2. The van der Waals surface area contributed by atoms with Crippen LogP contribution in [0.5, 0.6) is 0 Å². The van der Waals surface area contributed by atoms with Gasteiger partial charge in [-0.05, 0) is 56.3 Å². The first-order valence-electron chi connectivity index (χ1n) is 9.62. The van der Waals surface area contributed by atoms with Crippen molar-refractivity contribution in [3.05, 3.63) is 35.4 Å². The van der Waals surface area contributed by atoms with Crippen LogP contribution < -0.4 is 0 Å². The number of likely N-dealkylation sites (tertiary alicyclic amines) is 2. The summed E-state index contributed by atoms with van der Waals surface area (Å²) in [4.78, 5) is 17.6. The van der Waals surface area contributed by atoms with Crippen molar-refractivity contribution in [2.75, 3.05) is 32.8 Å². The molecule has 1 amide bonds. The van der Waals surface area contributed by atoms with E-state index < -0.39 is 11.6 Å². The van der Waals surface area contributed by atoms with E-state index in [2.05, 4.69) is 4.90 Å². The molecule has 0 N–H and O–H groups in total. The number of amides is 1. The minimum Gasteiger partial charge on any atom is -0.381 e. The third-order valence-corrected chi connectivity index (χ3v) is 6.27. The zero-order valence-corrected chi connectivity index (χ0v) is 15.1. The Morgan fingerprint density at radius 1 is 1.12 bits per heavy atom. The van der Waals surface area contributed by atoms with Crippen LogP contribution >= 0.6 is 0 Å². The lowest BCUT2D eigenvalue weighted by molar-refractivity contribution is -0.146. The Bertz CT molecular complexity index is 678. The van der Waals surface area contributed by atoms with Crippen molar-refractivity contribution in [3.63, 3.8) is 0 Å². The van der Waals surface area contributed by atoms with Crippen molar-refractivity contribution in [1.82, 2.24) is 9.80 Å². The van der Waals surface area contributed by atoms with Gasteiger partial charge in [-0.1, -0.05) is 6.07 Å². The van der Waals surface area contributed by atoms with Crippen molar-refractivity contribution in [2.24, 2.45) is 5.41 Å². The van der Waals surface area contributed by atoms with Gasteiger partial charge >= 0.3 is 0 Å². The summed E-state index contributed by atoms with van der Waals surface area (Å²) in [5, 5.41) is 0. The number of piperidine rings is 1. The van der Waals surface area contributed by atoms with E-state index >= 15 is 0 Å². The first-order valence-corrected chi connectivity index (χ1v) is 9.62. The summed E-state index contributed by atoms with van der Waals surface area (Å²) in [7, 11) is 0. The minimum absolute atomic E-state index is 0.183. The maximum Gasteiger partial charge on any atom is 0.230 e. The molecule has 0 bridgehead atoms. The zero-order valence-electron chi connectivity index (χ0n) is 15.1. The Morgan fingerprint density at radius 3 is 2.69 bits per heavy atom. The third-order valence-electron chi connectivity index (χ3n) is 6.27. The smallest absolute Gasteiger partial charge is 0.230 e. The van der Waals surface area contributed by atoms with Gasteiger partial charge in [0.2, 0.25) is 5.91 Å². The Balaban J connectivity index is 1.45. The van der Waals surface area contributed by atoms with Crippen molar-refractivity contribution < 1.29 is 18.3 Å². The molecule has 4 nitrogen and oxygen atoms in total. The normalized spacial score (nSPS) is 28.2. The SMILES string of the molecule is O=C1N(Cc2ccc(F)c(F)c2)CCC[C@@]12CCN(C1CCOCC1)C2. The molecule has 3 heterocycles. The van der Waals surface area contributed by atoms with E-state index in [9.17, 15) is 13.6 Å². The summed E-state index contributed by atoms with van der Waals surface area (Å²) in [6.45, 7) is 4.46. The highest BCUT2D eigenvalue weighted by molar-refractivity contribution is 5.84. The van der Waals surface area contributed by atoms with E-state index in [0.29, 0.717) is 24.7 Å². The first kappa shape index (κ1) is 17.9. The van der Waals surface area contributed by atoms with Crippen molar-refractivity contribution in [1.29, 1.82) is 0 Å². The average molecular weight is 364 g/mol. The molecular weight excluding hydrogens is 338 g/mol. The molecule has 0 unspecified atom stereocenters. The minimum atomic E-state index is -0.853. The highest BCUT2D eigenvalue weighted by Crippen LogP contribution is 2.42. The standard InChI is InChI=1S/C20H26F2N2O2/c21-17-3-2-15(12-18(17)22)13-23-8-1-6-20(19(23)25)7-9-24(14-20)16-4-10-26-11-5-16/h2-3,12,16H,1,4-11,13-14H2/t20-/m0/s1. The third kappa shape index (κ3) is 3.37. The quantitative estimate of drug-likeness (QED) is 0.827. The van der Waals surface area contributed by atoms with Crippen LogP contribution in [0, 0.1) is 17.0 Å². The van der Waals surface area contributed by atoms with Gasteiger partial charge in [0.1, 0.15) is 0 Å². The molecule has 4 rings (SSSR count). The Morgan fingerprint density at radius 2 is 1.92 bits per heavy atom. The fourth-order valence-electron chi connectivity index (χ4n) is 4.81. The number of nitrogens with zero attached hydrogens (tertiary/aromatic N) is 2. The Kier molecular flexibility index (Phi) is 4.97. The van der Waals surface area contributed by atoms with Crippen LogP contribution in [0.4, 0.5) is 8.78 Å². The van der Waals surface area contributed by atoms with Crippen LogP contribution in [0.1, 0.15) is 37.7 Å². The molecule has 26 heavy (non-hydrogen) atoms. The van der Waals surface area contributed by atoms with E-state index in [-0.39, 0.29) is 11.3 Å². The molecule has 3 fully saturated rings. The molecule has 0 saturated carbocycles. The van der Waals surface area contributed by atoms with Gasteiger partial charge in [-0.25, -0.2) is 8.78 Å². The number of hydrogen-bond acceptors (Lipinski definition) is 3. The summed E-state index contributed by atoms with van der Waals surface area (Å²) in [5.41, 5.74) is 0.350. The van der Waals surface area contributed by atoms with Crippen LogP contribution in [0.25, 0.3) is 0 Å². The topological polar surface area (TPSA) is 32.8 Å². The zero-order chi connectivity index (χ0) is 18.1. The molecule has 3 aliphatic heterocycles. The number of benzene rings is 1. The molecule has 0 aliphatic carbocycles. The molecule has 0 radical (unpaired) electrons. The molecule has 1 atom stereocenters. The maximum absolute atomic E-state index is 13.5. The van der Waals surface area contributed by atoms with Gasteiger partial charge in [0.15, 0.2) is 11.6 Å².